The van der Waals surface area contributed by atoms with Crippen LogP contribution >= 0.6 is 50.9 Å². The second-order valence-electron chi connectivity index (χ2n) is 7.63. The van der Waals surface area contributed by atoms with Crippen LogP contribution in [0.15, 0.2) is 75.0 Å². The van der Waals surface area contributed by atoms with E-state index in [2.05, 4.69) is 20.9 Å². The van der Waals surface area contributed by atoms with Crippen LogP contribution in [0.25, 0.3) is 6.08 Å². The lowest BCUT2D eigenvalue weighted by molar-refractivity contribution is -0.121. The van der Waals surface area contributed by atoms with Crippen molar-refractivity contribution >= 4 is 79.7 Å². The summed E-state index contributed by atoms with van der Waals surface area (Å²) in [4.78, 5) is 31.2. The number of benzene rings is 3. The van der Waals surface area contributed by atoms with Gasteiger partial charge in [0.05, 0.1) is 27.7 Å². The molecule has 4 rings (SSSR count). The zero-order chi connectivity index (χ0) is 25.8. The van der Waals surface area contributed by atoms with E-state index in [-0.39, 0.29) is 12.5 Å². The van der Waals surface area contributed by atoms with E-state index in [4.69, 9.17) is 32.7 Å². The van der Waals surface area contributed by atoms with Crippen LogP contribution in [0.1, 0.15) is 21.5 Å². The van der Waals surface area contributed by atoms with Crippen LogP contribution in [-0.2, 0) is 16.1 Å². The first-order valence-corrected chi connectivity index (χ1v) is 12.9. The molecule has 0 unspecified atom stereocenters. The number of rotatable bonds is 6. The van der Waals surface area contributed by atoms with Gasteiger partial charge in [-0.1, -0.05) is 41.4 Å². The summed E-state index contributed by atoms with van der Waals surface area (Å²) in [6, 6.07) is 17.5. The number of likely N-dealkylation sites (N-methyl/N-ethyl adjacent to an activating group) is 1. The molecule has 1 amide bonds. The summed E-state index contributed by atoms with van der Waals surface area (Å²) in [6.07, 6.45) is 1.79. The van der Waals surface area contributed by atoms with Crippen LogP contribution in [-0.4, -0.2) is 36.1 Å². The molecule has 0 radical (unpaired) electrons. The highest BCUT2D eigenvalue weighted by molar-refractivity contribution is 9.10. The summed E-state index contributed by atoms with van der Waals surface area (Å²) in [5, 5.41) is 1.61. The van der Waals surface area contributed by atoms with E-state index in [1.165, 1.54) is 23.8 Å². The zero-order valence-electron chi connectivity index (χ0n) is 19.1. The number of ether oxygens (including phenoxy) is 2. The van der Waals surface area contributed by atoms with Gasteiger partial charge in [0.15, 0.2) is 5.17 Å². The highest BCUT2D eigenvalue weighted by atomic mass is 79.9. The predicted octanol–water partition coefficient (Wildman–Crippen LogP) is 7.36. The topological polar surface area (TPSA) is 68.2 Å². The largest absolute Gasteiger partial charge is 0.488 e. The second kappa shape index (κ2) is 11.5. The third-order valence-corrected chi connectivity index (χ3v) is 7.41. The van der Waals surface area contributed by atoms with E-state index < -0.39 is 5.97 Å². The fraction of sp³-hybridized carbons (Fsp3) is 0.115. The van der Waals surface area contributed by atoms with Crippen molar-refractivity contribution in [3.05, 3.63) is 96.8 Å². The molecule has 3 aromatic rings. The number of aliphatic imine (C=N–C) groups is 1. The normalized spacial score (nSPS) is 15.6. The van der Waals surface area contributed by atoms with Gasteiger partial charge in [-0.05, 0) is 81.8 Å². The first kappa shape index (κ1) is 26.3. The number of carbonyl (C=O) groups excluding carboxylic acids is 2. The van der Waals surface area contributed by atoms with Crippen LogP contribution in [0.3, 0.4) is 0 Å². The third-order valence-electron chi connectivity index (χ3n) is 5.15. The Bertz CT molecular complexity index is 1410. The van der Waals surface area contributed by atoms with Crippen LogP contribution in [0.5, 0.6) is 5.75 Å². The minimum atomic E-state index is -0.449. The van der Waals surface area contributed by atoms with E-state index in [1.54, 1.807) is 49.5 Å². The van der Waals surface area contributed by atoms with E-state index >= 15 is 0 Å². The van der Waals surface area contributed by atoms with Crippen molar-refractivity contribution in [2.75, 3.05) is 14.2 Å². The molecule has 184 valence electrons. The van der Waals surface area contributed by atoms with E-state index in [0.29, 0.717) is 37.1 Å². The van der Waals surface area contributed by atoms with Gasteiger partial charge in [0.25, 0.3) is 5.91 Å². The van der Waals surface area contributed by atoms with Crippen LogP contribution in [0, 0.1) is 0 Å². The zero-order valence-corrected chi connectivity index (χ0v) is 23.0. The minimum Gasteiger partial charge on any atom is -0.488 e. The van der Waals surface area contributed by atoms with Crippen LogP contribution < -0.4 is 4.74 Å². The summed E-state index contributed by atoms with van der Waals surface area (Å²) in [5.41, 5.74) is 2.57. The molecular weight excluding hydrogens is 587 g/mol. The molecule has 0 saturated carbocycles. The number of methoxy groups -OCH3 is 1. The maximum atomic E-state index is 12.8. The monoisotopic (exact) mass is 604 g/mol. The van der Waals surface area contributed by atoms with Crippen molar-refractivity contribution in [3.8, 4) is 5.75 Å². The van der Waals surface area contributed by atoms with Gasteiger partial charge >= 0.3 is 5.97 Å². The maximum Gasteiger partial charge on any atom is 0.337 e. The Kier molecular flexibility index (Phi) is 8.41. The predicted molar refractivity (Wildman–Crippen MR) is 148 cm³/mol. The Labute approximate surface area is 231 Å². The number of hydrogen-bond donors (Lipinski definition) is 0. The lowest BCUT2D eigenvalue weighted by Crippen LogP contribution is -2.23. The van der Waals surface area contributed by atoms with Crippen molar-refractivity contribution in [3.63, 3.8) is 0 Å². The van der Waals surface area contributed by atoms with Crippen molar-refractivity contribution in [2.24, 2.45) is 4.99 Å². The Morgan fingerprint density at radius 1 is 1.14 bits per heavy atom. The van der Waals surface area contributed by atoms with E-state index in [0.717, 1.165) is 15.6 Å². The Morgan fingerprint density at radius 2 is 1.94 bits per heavy atom. The van der Waals surface area contributed by atoms with Gasteiger partial charge in [0.1, 0.15) is 12.4 Å². The van der Waals surface area contributed by atoms with Gasteiger partial charge in [-0.25, -0.2) is 9.79 Å². The fourth-order valence-corrected chi connectivity index (χ4v) is 5.21. The molecule has 0 atom stereocenters. The van der Waals surface area contributed by atoms with Crippen molar-refractivity contribution in [1.82, 2.24) is 4.90 Å². The number of thioether (sulfide) groups is 1. The molecule has 1 fully saturated rings. The Morgan fingerprint density at radius 3 is 2.67 bits per heavy atom. The van der Waals surface area contributed by atoms with Crippen molar-refractivity contribution in [1.29, 1.82) is 0 Å². The molecule has 0 aliphatic carbocycles. The average Bonchev–Trinajstić information content (AvgIpc) is 3.11. The highest BCUT2D eigenvalue weighted by Crippen LogP contribution is 2.35. The number of amidine groups is 1. The number of halogens is 3. The van der Waals surface area contributed by atoms with E-state index in [9.17, 15) is 9.59 Å². The van der Waals surface area contributed by atoms with Gasteiger partial charge < -0.3 is 9.47 Å². The Balaban J connectivity index is 1.49. The van der Waals surface area contributed by atoms with Crippen LogP contribution in [0.4, 0.5) is 5.69 Å². The third kappa shape index (κ3) is 6.13. The standard InChI is InChI=1S/C26H19BrCl2N2O4S/c1-31-24(32)23(36-26(31)30-19-5-3-4-16(12-19)25(33)34-2)11-15-6-9-22(20(27)10-15)35-14-17-7-8-18(28)13-21(17)29/h3-13H,14H2,1-2H3. The molecule has 0 bridgehead atoms. The first-order valence-electron chi connectivity index (χ1n) is 10.6. The molecule has 3 aromatic carbocycles. The average molecular weight is 606 g/mol. The van der Waals surface area contributed by atoms with Gasteiger partial charge in [-0.2, -0.15) is 0 Å². The smallest absolute Gasteiger partial charge is 0.337 e. The molecular formula is C26H19BrCl2N2O4S. The minimum absolute atomic E-state index is 0.170. The lowest BCUT2D eigenvalue weighted by Gasteiger charge is -2.10. The number of nitrogens with zero attached hydrogens (tertiary/aromatic N) is 2. The number of amides is 1. The van der Waals surface area contributed by atoms with Crippen molar-refractivity contribution in [2.45, 2.75) is 6.61 Å². The molecule has 10 heteroatoms. The molecule has 0 aromatic heterocycles. The number of hydrogen-bond acceptors (Lipinski definition) is 6. The molecule has 1 aliphatic heterocycles. The fourth-order valence-electron chi connectivity index (χ4n) is 3.25. The van der Waals surface area contributed by atoms with E-state index in [1.807, 2.05) is 24.3 Å². The summed E-state index contributed by atoms with van der Waals surface area (Å²) in [6.45, 7) is 0.283. The quantitative estimate of drug-likeness (QED) is 0.217. The van der Waals surface area contributed by atoms with Gasteiger partial charge in [0.2, 0.25) is 0 Å². The van der Waals surface area contributed by atoms with Crippen molar-refractivity contribution < 1.29 is 19.1 Å². The second-order valence-corrected chi connectivity index (χ2v) is 10.3. The molecule has 6 nitrogen and oxygen atoms in total. The number of carbonyl (C=O) groups is 2. The summed E-state index contributed by atoms with van der Waals surface area (Å²) < 4.78 is 11.4. The summed E-state index contributed by atoms with van der Waals surface area (Å²) in [5.74, 6) is 0.0190. The van der Waals surface area contributed by atoms with Gasteiger partial charge in [-0.3, -0.25) is 9.69 Å². The molecule has 1 saturated heterocycles. The Hall–Kier alpha value is -2.78. The number of esters is 1. The lowest BCUT2D eigenvalue weighted by atomic mass is 10.2. The van der Waals surface area contributed by atoms with Gasteiger partial charge in [-0.15, -0.1) is 0 Å². The molecule has 36 heavy (non-hydrogen) atoms. The molecule has 0 N–H and O–H groups in total. The summed E-state index contributed by atoms with van der Waals surface area (Å²) >= 11 is 17.0. The maximum absolute atomic E-state index is 12.8. The van der Waals surface area contributed by atoms with Crippen LogP contribution in [0.2, 0.25) is 10.0 Å². The van der Waals surface area contributed by atoms with Gasteiger partial charge in [0, 0.05) is 22.7 Å². The molecule has 1 aliphatic rings. The highest BCUT2D eigenvalue weighted by Gasteiger charge is 2.30. The first-order chi connectivity index (χ1) is 17.2. The molecule has 0 spiro atoms. The SMILES string of the molecule is COC(=O)c1cccc(N=C2SC(=Cc3ccc(OCc4ccc(Cl)cc4Cl)c(Br)c3)C(=O)N2C)c1. The molecule has 1 heterocycles. The summed E-state index contributed by atoms with van der Waals surface area (Å²) in [7, 11) is 2.98.